The van der Waals surface area contributed by atoms with Gasteiger partial charge in [-0.15, -0.1) is 11.3 Å². The average molecular weight is 267 g/mol. The van der Waals surface area contributed by atoms with Gasteiger partial charge >= 0.3 is 0 Å². The van der Waals surface area contributed by atoms with Crippen molar-refractivity contribution in [2.75, 3.05) is 5.73 Å². The van der Waals surface area contributed by atoms with Gasteiger partial charge in [-0.05, 0) is 36.2 Å². The number of hydrogen-bond donors (Lipinski definition) is 1. The van der Waals surface area contributed by atoms with Crippen molar-refractivity contribution in [3.8, 4) is 22.4 Å². The molecule has 4 heteroatoms. The highest BCUT2D eigenvalue weighted by molar-refractivity contribution is 7.13. The summed E-state index contributed by atoms with van der Waals surface area (Å²) in [4.78, 5) is 8.54. The van der Waals surface area contributed by atoms with Crippen LogP contribution in [0.1, 0.15) is 5.69 Å². The van der Waals surface area contributed by atoms with Crippen LogP contribution in [0.4, 0.5) is 5.13 Å². The lowest BCUT2D eigenvalue weighted by Gasteiger charge is -2.04. The third-order valence-electron chi connectivity index (χ3n) is 2.91. The maximum atomic E-state index is 5.68. The number of nitrogen functional groups attached to an aromatic ring is 1. The Bertz CT molecular complexity index is 719. The van der Waals surface area contributed by atoms with Gasteiger partial charge in [-0.2, -0.15) is 0 Å². The molecule has 0 saturated carbocycles. The first-order chi connectivity index (χ1) is 9.22. The van der Waals surface area contributed by atoms with Crippen molar-refractivity contribution < 1.29 is 0 Å². The smallest absolute Gasteiger partial charge is 0.180 e. The molecule has 0 bridgehead atoms. The van der Waals surface area contributed by atoms with Gasteiger partial charge in [-0.25, -0.2) is 4.98 Å². The van der Waals surface area contributed by atoms with Crippen LogP contribution in [0.25, 0.3) is 22.4 Å². The lowest BCUT2D eigenvalue weighted by Crippen LogP contribution is -1.85. The first-order valence-corrected chi connectivity index (χ1v) is 6.85. The lowest BCUT2D eigenvalue weighted by molar-refractivity contribution is 1.20. The number of anilines is 1. The van der Waals surface area contributed by atoms with Crippen molar-refractivity contribution >= 4 is 16.5 Å². The summed E-state index contributed by atoms with van der Waals surface area (Å²) in [5, 5.41) is 2.58. The normalized spacial score (nSPS) is 10.6. The number of rotatable bonds is 2. The standard InChI is InChI=1S/C15H13N3S/c1-10-7-12(5-6-17-10)11-3-2-4-13(8-11)14-9-19-15(16)18-14/h2-9H,1H3,(H2,16,18). The van der Waals surface area contributed by atoms with E-state index in [2.05, 4.69) is 28.2 Å². The molecule has 0 fully saturated rings. The van der Waals surface area contributed by atoms with Gasteiger partial charge < -0.3 is 5.73 Å². The highest BCUT2D eigenvalue weighted by Gasteiger charge is 2.05. The highest BCUT2D eigenvalue weighted by atomic mass is 32.1. The monoisotopic (exact) mass is 267 g/mol. The van der Waals surface area contributed by atoms with E-state index in [0.717, 1.165) is 28.1 Å². The number of hydrogen-bond acceptors (Lipinski definition) is 4. The molecule has 0 aliphatic heterocycles. The van der Waals surface area contributed by atoms with Crippen LogP contribution in [0, 0.1) is 6.92 Å². The summed E-state index contributed by atoms with van der Waals surface area (Å²) >= 11 is 1.46. The number of aromatic nitrogens is 2. The number of aryl methyl sites for hydroxylation is 1. The van der Waals surface area contributed by atoms with Gasteiger partial charge in [0, 0.05) is 22.8 Å². The molecule has 3 rings (SSSR count). The van der Waals surface area contributed by atoms with Gasteiger partial charge in [0.25, 0.3) is 0 Å². The number of nitrogens with zero attached hydrogens (tertiary/aromatic N) is 2. The zero-order valence-electron chi connectivity index (χ0n) is 10.5. The molecule has 0 unspecified atom stereocenters. The second kappa shape index (κ2) is 4.82. The van der Waals surface area contributed by atoms with Gasteiger partial charge in [0.05, 0.1) is 5.69 Å². The van der Waals surface area contributed by atoms with E-state index in [1.165, 1.54) is 11.3 Å². The zero-order valence-corrected chi connectivity index (χ0v) is 11.3. The number of pyridine rings is 1. The average Bonchev–Trinajstić information content (AvgIpc) is 2.86. The van der Waals surface area contributed by atoms with E-state index >= 15 is 0 Å². The third kappa shape index (κ3) is 2.48. The Morgan fingerprint density at radius 1 is 1.05 bits per heavy atom. The first-order valence-electron chi connectivity index (χ1n) is 5.97. The van der Waals surface area contributed by atoms with E-state index in [1.807, 2.05) is 36.7 Å². The van der Waals surface area contributed by atoms with Gasteiger partial charge in [0.15, 0.2) is 5.13 Å². The minimum Gasteiger partial charge on any atom is -0.375 e. The van der Waals surface area contributed by atoms with Crippen molar-refractivity contribution in [3.63, 3.8) is 0 Å². The zero-order chi connectivity index (χ0) is 13.2. The molecule has 0 amide bonds. The molecule has 2 N–H and O–H groups in total. The van der Waals surface area contributed by atoms with Gasteiger partial charge in [0.1, 0.15) is 0 Å². The van der Waals surface area contributed by atoms with Crippen molar-refractivity contribution in [1.29, 1.82) is 0 Å². The van der Waals surface area contributed by atoms with Gasteiger partial charge in [-0.3, -0.25) is 4.98 Å². The first kappa shape index (κ1) is 11.9. The molecule has 2 heterocycles. The molecule has 3 aromatic rings. The Balaban J connectivity index is 2.05. The Hall–Kier alpha value is -2.20. The molecule has 1 aromatic carbocycles. The van der Waals surface area contributed by atoms with E-state index in [4.69, 9.17) is 5.73 Å². The molecule has 94 valence electrons. The topological polar surface area (TPSA) is 51.8 Å². The second-order valence-electron chi connectivity index (χ2n) is 4.34. The second-order valence-corrected chi connectivity index (χ2v) is 5.23. The van der Waals surface area contributed by atoms with Crippen LogP contribution in [-0.4, -0.2) is 9.97 Å². The summed E-state index contributed by atoms with van der Waals surface area (Å²) in [6.45, 7) is 1.99. The molecule has 0 spiro atoms. The van der Waals surface area contributed by atoms with Crippen molar-refractivity contribution in [3.05, 3.63) is 53.7 Å². The highest BCUT2D eigenvalue weighted by Crippen LogP contribution is 2.27. The quantitative estimate of drug-likeness (QED) is 0.769. The third-order valence-corrected chi connectivity index (χ3v) is 3.58. The van der Waals surface area contributed by atoms with Crippen LogP contribution in [-0.2, 0) is 0 Å². The van der Waals surface area contributed by atoms with Crippen LogP contribution in [0.3, 0.4) is 0 Å². The van der Waals surface area contributed by atoms with Crippen LogP contribution in [0.5, 0.6) is 0 Å². The van der Waals surface area contributed by atoms with Crippen molar-refractivity contribution in [1.82, 2.24) is 9.97 Å². The molecule has 0 radical (unpaired) electrons. The van der Waals surface area contributed by atoms with Crippen molar-refractivity contribution in [2.24, 2.45) is 0 Å². The van der Waals surface area contributed by atoms with E-state index in [-0.39, 0.29) is 0 Å². The van der Waals surface area contributed by atoms with E-state index < -0.39 is 0 Å². The van der Waals surface area contributed by atoms with Crippen LogP contribution >= 0.6 is 11.3 Å². The Morgan fingerprint density at radius 2 is 1.84 bits per heavy atom. The van der Waals surface area contributed by atoms with Gasteiger partial charge in [0.2, 0.25) is 0 Å². The molecule has 19 heavy (non-hydrogen) atoms. The SMILES string of the molecule is Cc1cc(-c2cccc(-c3csc(N)n3)c2)ccn1. The number of thiazole rings is 1. The molecule has 0 atom stereocenters. The minimum absolute atomic E-state index is 0.597. The fourth-order valence-corrected chi connectivity index (χ4v) is 2.58. The molecule has 3 nitrogen and oxygen atoms in total. The summed E-state index contributed by atoms with van der Waals surface area (Å²) in [6.07, 6.45) is 1.83. The predicted molar refractivity (Wildman–Crippen MR) is 79.9 cm³/mol. The molecule has 0 saturated heterocycles. The summed E-state index contributed by atoms with van der Waals surface area (Å²) in [5.74, 6) is 0. The van der Waals surface area contributed by atoms with E-state index in [1.54, 1.807) is 0 Å². The summed E-state index contributed by atoms with van der Waals surface area (Å²) in [6, 6.07) is 12.4. The minimum atomic E-state index is 0.597. The maximum Gasteiger partial charge on any atom is 0.180 e. The molecule has 0 aliphatic rings. The molecular weight excluding hydrogens is 254 g/mol. The number of benzene rings is 1. The summed E-state index contributed by atoms with van der Waals surface area (Å²) < 4.78 is 0. The summed E-state index contributed by atoms with van der Waals surface area (Å²) in [5.41, 5.74) is 11.0. The Kier molecular flexibility index (Phi) is 3.01. The summed E-state index contributed by atoms with van der Waals surface area (Å²) in [7, 11) is 0. The van der Waals surface area contributed by atoms with E-state index in [9.17, 15) is 0 Å². The predicted octanol–water partition coefficient (Wildman–Crippen LogP) is 3.76. The fraction of sp³-hybridized carbons (Fsp3) is 0.0667. The molecule has 0 aliphatic carbocycles. The Labute approximate surface area is 115 Å². The van der Waals surface area contributed by atoms with Crippen LogP contribution in [0.15, 0.2) is 48.0 Å². The number of nitrogens with two attached hydrogens (primary N) is 1. The molecular formula is C15H13N3S. The Morgan fingerprint density at radius 3 is 2.58 bits per heavy atom. The maximum absolute atomic E-state index is 5.68. The molecule has 2 aromatic heterocycles. The fourth-order valence-electron chi connectivity index (χ4n) is 2.00. The van der Waals surface area contributed by atoms with Gasteiger partial charge in [-0.1, -0.05) is 18.2 Å². The lowest BCUT2D eigenvalue weighted by atomic mass is 10.0. The van der Waals surface area contributed by atoms with Crippen molar-refractivity contribution in [2.45, 2.75) is 6.92 Å². The largest absolute Gasteiger partial charge is 0.375 e. The van der Waals surface area contributed by atoms with Crippen LogP contribution < -0.4 is 5.73 Å². The van der Waals surface area contributed by atoms with E-state index in [0.29, 0.717) is 5.13 Å². The van der Waals surface area contributed by atoms with Crippen LogP contribution in [0.2, 0.25) is 0 Å².